The van der Waals surface area contributed by atoms with Crippen LogP contribution in [-0.2, 0) is 0 Å². The van der Waals surface area contributed by atoms with Crippen LogP contribution in [-0.4, -0.2) is 47.4 Å². The first-order valence-corrected chi connectivity index (χ1v) is 9.21. The first-order valence-electron chi connectivity index (χ1n) is 9.21. The SMILES string of the molecule is CNC(=O)Nc1cccc(C(=O)N[C@@H](C)CNC(=O)c2c(C)nc(C)nc2C)c1. The third kappa shape index (κ3) is 6.00. The van der Waals surface area contributed by atoms with Gasteiger partial charge in [0.25, 0.3) is 11.8 Å². The van der Waals surface area contributed by atoms with E-state index in [0.717, 1.165) is 0 Å². The van der Waals surface area contributed by atoms with E-state index in [1.165, 1.54) is 7.05 Å². The van der Waals surface area contributed by atoms with Gasteiger partial charge in [-0.2, -0.15) is 0 Å². The van der Waals surface area contributed by atoms with Crippen molar-refractivity contribution >= 4 is 23.5 Å². The van der Waals surface area contributed by atoms with Crippen LogP contribution in [0.25, 0.3) is 0 Å². The standard InChI is InChI=1S/C20H26N6O3/c1-11(10-22-19(28)17-12(2)24-14(4)25-13(17)3)23-18(27)15-7-6-8-16(9-15)26-20(29)21-5/h6-9,11H,10H2,1-5H3,(H,22,28)(H,23,27)(H2,21,26,29)/t11-/m0/s1. The number of benzene rings is 1. The van der Waals surface area contributed by atoms with Crippen molar-refractivity contribution in [2.75, 3.05) is 18.9 Å². The molecule has 0 bridgehead atoms. The number of aryl methyl sites for hydroxylation is 3. The Morgan fingerprint density at radius 3 is 2.31 bits per heavy atom. The van der Waals surface area contributed by atoms with Crippen molar-refractivity contribution in [3.8, 4) is 0 Å². The van der Waals surface area contributed by atoms with Crippen LogP contribution in [0.3, 0.4) is 0 Å². The number of hydrogen-bond donors (Lipinski definition) is 4. The van der Waals surface area contributed by atoms with E-state index in [1.807, 2.05) is 0 Å². The van der Waals surface area contributed by atoms with Crippen LogP contribution in [0, 0.1) is 20.8 Å². The van der Waals surface area contributed by atoms with Gasteiger partial charge in [-0.15, -0.1) is 0 Å². The van der Waals surface area contributed by atoms with Gasteiger partial charge in [0.1, 0.15) is 5.82 Å². The normalized spacial score (nSPS) is 11.3. The number of hydrogen-bond acceptors (Lipinski definition) is 5. The van der Waals surface area contributed by atoms with E-state index in [2.05, 4.69) is 31.2 Å². The third-order valence-electron chi connectivity index (χ3n) is 4.17. The molecule has 2 rings (SSSR count). The van der Waals surface area contributed by atoms with Crippen molar-refractivity contribution in [1.29, 1.82) is 0 Å². The Bertz CT molecular complexity index is 905. The van der Waals surface area contributed by atoms with E-state index < -0.39 is 0 Å². The summed E-state index contributed by atoms with van der Waals surface area (Å²) in [6, 6.07) is 5.90. The maximum absolute atomic E-state index is 12.5. The average Bonchev–Trinajstić information content (AvgIpc) is 2.65. The number of anilines is 1. The summed E-state index contributed by atoms with van der Waals surface area (Å²) >= 11 is 0. The van der Waals surface area contributed by atoms with E-state index >= 15 is 0 Å². The van der Waals surface area contributed by atoms with Gasteiger partial charge in [-0.05, 0) is 45.9 Å². The van der Waals surface area contributed by atoms with Gasteiger partial charge >= 0.3 is 6.03 Å². The molecule has 154 valence electrons. The highest BCUT2D eigenvalue weighted by atomic mass is 16.2. The number of aromatic nitrogens is 2. The second-order valence-electron chi connectivity index (χ2n) is 6.69. The number of carbonyl (C=O) groups is 3. The highest BCUT2D eigenvalue weighted by molar-refractivity contribution is 5.97. The Labute approximate surface area is 169 Å². The summed E-state index contributed by atoms with van der Waals surface area (Å²) in [5.74, 6) is 0.0292. The molecule has 4 N–H and O–H groups in total. The second-order valence-corrected chi connectivity index (χ2v) is 6.69. The molecule has 0 saturated heterocycles. The van der Waals surface area contributed by atoms with Crippen molar-refractivity contribution in [3.63, 3.8) is 0 Å². The zero-order valence-corrected chi connectivity index (χ0v) is 17.2. The molecule has 4 amide bonds. The molecule has 0 aliphatic rings. The van der Waals surface area contributed by atoms with Crippen molar-refractivity contribution in [2.24, 2.45) is 0 Å². The Kier molecular flexibility index (Phi) is 7.24. The van der Waals surface area contributed by atoms with Crippen molar-refractivity contribution in [1.82, 2.24) is 25.9 Å². The Balaban J connectivity index is 1.95. The summed E-state index contributed by atoms with van der Waals surface area (Å²) in [6.07, 6.45) is 0. The molecule has 0 fully saturated rings. The van der Waals surface area contributed by atoms with E-state index in [1.54, 1.807) is 52.0 Å². The van der Waals surface area contributed by atoms with E-state index in [4.69, 9.17) is 0 Å². The quantitative estimate of drug-likeness (QED) is 0.589. The molecule has 1 atom stereocenters. The second kappa shape index (κ2) is 9.63. The highest BCUT2D eigenvalue weighted by Gasteiger charge is 2.17. The van der Waals surface area contributed by atoms with Crippen molar-refractivity contribution in [3.05, 3.63) is 52.6 Å². The van der Waals surface area contributed by atoms with Crippen LogP contribution in [0.1, 0.15) is 44.9 Å². The Morgan fingerprint density at radius 2 is 1.69 bits per heavy atom. The highest BCUT2D eigenvalue weighted by Crippen LogP contribution is 2.11. The molecule has 0 aliphatic carbocycles. The summed E-state index contributed by atoms with van der Waals surface area (Å²) in [4.78, 5) is 44.8. The van der Waals surface area contributed by atoms with Gasteiger partial charge in [-0.25, -0.2) is 14.8 Å². The van der Waals surface area contributed by atoms with Crippen molar-refractivity contribution in [2.45, 2.75) is 33.7 Å². The van der Waals surface area contributed by atoms with Crippen LogP contribution in [0.5, 0.6) is 0 Å². The number of amides is 4. The van der Waals surface area contributed by atoms with Gasteiger partial charge in [0.2, 0.25) is 0 Å². The Morgan fingerprint density at radius 1 is 1.03 bits per heavy atom. The van der Waals surface area contributed by atoms with Gasteiger partial charge in [0.05, 0.1) is 17.0 Å². The van der Waals surface area contributed by atoms with Gasteiger partial charge in [-0.3, -0.25) is 9.59 Å². The molecule has 0 unspecified atom stereocenters. The minimum Gasteiger partial charge on any atom is -0.350 e. The van der Waals surface area contributed by atoms with Gasteiger partial charge < -0.3 is 21.3 Å². The van der Waals surface area contributed by atoms with E-state index in [0.29, 0.717) is 34.0 Å². The largest absolute Gasteiger partial charge is 0.350 e. The van der Waals surface area contributed by atoms with Crippen LogP contribution >= 0.6 is 0 Å². The zero-order valence-electron chi connectivity index (χ0n) is 17.2. The molecular weight excluding hydrogens is 372 g/mol. The van der Waals surface area contributed by atoms with Crippen LogP contribution in [0.4, 0.5) is 10.5 Å². The topological polar surface area (TPSA) is 125 Å². The number of nitrogens with zero attached hydrogens (tertiary/aromatic N) is 2. The fourth-order valence-electron chi connectivity index (χ4n) is 2.84. The summed E-state index contributed by atoms with van der Waals surface area (Å²) in [5, 5.41) is 10.7. The van der Waals surface area contributed by atoms with Crippen LogP contribution < -0.4 is 21.3 Å². The molecule has 2 aromatic rings. The molecule has 9 nitrogen and oxygen atoms in total. The lowest BCUT2D eigenvalue weighted by Crippen LogP contribution is -2.42. The summed E-state index contributed by atoms with van der Waals surface area (Å²) < 4.78 is 0. The minimum absolute atomic E-state index is 0.244. The first kappa shape index (κ1) is 21.8. The Hall–Kier alpha value is -3.49. The number of rotatable bonds is 6. The number of urea groups is 1. The van der Waals surface area contributed by atoms with Gasteiger partial charge in [0, 0.05) is 30.9 Å². The fourth-order valence-corrected chi connectivity index (χ4v) is 2.84. The molecule has 0 radical (unpaired) electrons. The monoisotopic (exact) mass is 398 g/mol. The summed E-state index contributed by atoms with van der Waals surface area (Å²) in [5.41, 5.74) is 2.58. The van der Waals surface area contributed by atoms with Gasteiger partial charge in [0.15, 0.2) is 0 Å². The van der Waals surface area contributed by atoms with E-state index in [9.17, 15) is 14.4 Å². The summed E-state index contributed by atoms with van der Waals surface area (Å²) in [6.45, 7) is 7.34. The lowest BCUT2D eigenvalue weighted by molar-refractivity contribution is 0.0911. The van der Waals surface area contributed by atoms with E-state index in [-0.39, 0.29) is 30.4 Å². The van der Waals surface area contributed by atoms with Crippen molar-refractivity contribution < 1.29 is 14.4 Å². The number of nitrogens with one attached hydrogen (secondary N) is 4. The average molecular weight is 398 g/mol. The molecule has 29 heavy (non-hydrogen) atoms. The predicted octanol–water partition coefficient (Wildman–Crippen LogP) is 1.70. The smallest absolute Gasteiger partial charge is 0.318 e. The molecule has 0 saturated carbocycles. The fraction of sp³-hybridized carbons (Fsp3) is 0.350. The number of carbonyl (C=O) groups excluding carboxylic acids is 3. The molecule has 0 aliphatic heterocycles. The maximum Gasteiger partial charge on any atom is 0.318 e. The maximum atomic E-state index is 12.5. The van der Waals surface area contributed by atoms with Crippen LogP contribution in [0.2, 0.25) is 0 Å². The predicted molar refractivity (Wildman–Crippen MR) is 110 cm³/mol. The van der Waals surface area contributed by atoms with Gasteiger partial charge in [-0.1, -0.05) is 6.07 Å². The molecular formula is C20H26N6O3. The molecule has 1 aromatic carbocycles. The molecule has 0 spiro atoms. The lowest BCUT2D eigenvalue weighted by Gasteiger charge is -2.16. The third-order valence-corrected chi connectivity index (χ3v) is 4.17. The summed E-state index contributed by atoms with van der Waals surface area (Å²) in [7, 11) is 1.51. The molecule has 1 aromatic heterocycles. The van der Waals surface area contributed by atoms with Crippen LogP contribution in [0.15, 0.2) is 24.3 Å². The molecule has 9 heteroatoms. The minimum atomic E-state index is -0.371. The molecule has 1 heterocycles. The zero-order chi connectivity index (χ0) is 21.6. The first-order chi connectivity index (χ1) is 13.7. The lowest BCUT2D eigenvalue weighted by atomic mass is 10.1.